The maximum absolute atomic E-state index is 7.28. The Kier molecular flexibility index (Phi) is 9.04. The highest BCUT2D eigenvalue weighted by Crippen LogP contribution is 2.54. The van der Waals surface area contributed by atoms with Crippen LogP contribution in [0.15, 0.2) is 23.7 Å². The Morgan fingerprint density at radius 2 is 0.938 bits per heavy atom. The lowest BCUT2D eigenvalue weighted by atomic mass is 9.84. The van der Waals surface area contributed by atoms with Crippen LogP contribution in [-0.2, 0) is 8.85 Å². The number of rotatable bonds is 10. The van der Waals surface area contributed by atoms with Gasteiger partial charge in [-0.15, -0.1) is 0 Å². The third-order valence-corrected chi connectivity index (χ3v) is 21.1. The van der Waals surface area contributed by atoms with Crippen molar-refractivity contribution in [1.29, 1.82) is 0 Å². The lowest BCUT2D eigenvalue weighted by Crippen LogP contribution is -2.50. The van der Waals surface area contributed by atoms with Crippen LogP contribution in [0.1, 0.15) is 103 Å². The predicted octanol–water partition coefficient (Wildman–Crippen LogP) is 9.81. The first-order chi connectivity index (χ1) is 14.7. The van der Waals surface area contributed by atoms with Gasteiger partial charge in [0.2, 0.25) is 0 Å². The van der Waals surface area contributed by atoms with Crippen molar-refractivity contribution in [3.63, 3.8) is 0 Å². The molecule has 2 aliphatic rings. The smallest absolute Gasteiger partial charge is 0.258 e. The molecule has 0 N–H and O–H groups in total. The fraction of sp³-hybridized carbons (Fsp3) is 0.857. The van der Waals surface area contributed by atoms with Gasteiger partial charge in [-0.25, -0.2) is 0 Å². The lowest BCUT2D eigenvalue weighted by molar-refractivity contribution is 0.214. The van der Waals surface area contributed by atoms with Crippen molar-refractivity contribution in [2.75, 3.05) is 0 Å². The van der Waals surface area contributed by atoms with E-state index in [1.54, 1.807) is 0 Å². The molecule has 0 aromatic carbocycles. The highest BCUT2D eigenvalue weighted by molar-refractivity contribution is 6.78. The summed E-state index contributed by atoms with van der Waals surface area (Å²) in [4.78, 5) is 0. The van der Waals surface area contributed by atoms with Gasteiger partial charge in [0.05, 0.1) is 11.5 Å². The van der Waals surface area contributed by atoms with E-state index in [9.17, 15) is 0 Å². The molecule has 32 heavy (non-hydrogen) atoms. The average Bonchev–Trinajstić information content (AvgIpc) is 3.05. The summed E-state index contributed by atoms with van der Waals surface area (Å²) in [5.74, 6) is 4.19. The van der Waals surface area contributed by atoms with Crippen LogP contribution < -0.4 is 0 Å². The molecule has 0 saturated heterocycles. The molecule has 0 radical (unpaired) electrons. The van der Waals surface area contributed by atoms with Crippen molar-refractivity contribution >= 4 is 16.6 Å². The second kappa shape index (κ2) is 10.4. The minimum atomic E-state index is -1.96. The van der Waals surface area contributed by atoms with Gasteiger partial charge in [0, 0.05) is 11.8 Å². The zero-order chi connectivity index (χ0) is 24.6. The first-order valence-corrected chi connectivity index (χ1v) is 17.8. The third-order valence-electron chi connectivity index (χ3n) is 9.09. The van der Waals surface area contributed by atoms with E-state index in [4.69, 9.17) is 8.85 Å². The Morgan fingerprint density at radius 3 is 1.31 bits per heavy atom. The van der Waals surface area contributed by atoms with Crippen LogP contribution >= 0.6 is 0 Å². The molecule has 2 nitrogen and oxygen atoms in total. The number of hydrogen-bond donors (Lipinski definition) is 0. The molecule has 0 aromatic rings. The van der Waals surface area contributed by atoms with Gasteiger partial charge in [0.1, 0.15) is 0 Å². The Hall–Kier alpha value is -0.486. The van der Waals surface area contributed by atoms with Crippen LogP contribution in [0.4, 0.5) is 0 Å². The molecule has 3 unspecified atom stereocenters. The molecule has 1 fully saturated rings. The summed E-state index contributed by atoms with van der Waals surface area (Å²) < 4.78 is 14.5. The van der Waals surface area contributed by atoms with E-state index >= 15 is 0 Å². The summed E-state index contributed by atoms with van der Waals surface area (Å²) >= 11 is 0. The van der Waals surface area contributed by atoms with E-state index < -0.39 is 16.6 Å². The maximum atomic E-state index is 7.28. The van der Waals surface area contributed by atoms with E-state index in [1.807, 2.05) is 0 Å². The van der Waals surface area contributed by atoms with Gasteiger partial charge in [0.15, 0.2) is 0 Å². The summed E-state index contributed by atoms with van der Waals surface area (Å²) in [7, 11) is -3.91. The second-order valence-electron chi connectivity index (χ2n) is 12.7. The molecule has 3 atom stereocenters. The minimum Gasteiger partial charge on any atom is -0.545 e. The summed E-state index contributed by atoms with van der Waals surface area (Å²) in [6.07, 6.45) is 7.16. The van der Waals surface area contributed by atoms with Gasteiger partial charge < -0.3 is 8.85 Å². The molecule has 1 saturated carbocycles. The molecule has 0 amide bonds. The van der Waals surface area contributed by atoms with Crippen LogP contribution in [0.5, 0.6) is 0 Å². The van der Waals surface area contributed by atoms with Crippen molar-refractivity contribution < 1.29 is 8.85 Å². The van der Waals surface area contributed by atoms with E-state index in [0.29, 0.717) is 51.0 Å². The summed E-state index contributed by atoms with van der Waals surface area (Å²) in [6, 6.07) is 0. The van der Waals surface area contributed by atoms with Gasteiger partial charge in [-0.2, -0.15) is 0 Å². The SMILES string of the molecule is CC1CCC2C(O[Si](C(C)C)(C(C)C)C(C)C)=CC=C(O[Si](C(C)C)(C(C)C)C(C)C)C12. The van der Waals surface area contributed by atoms with Crippen molar-refractivity contribution in [3.8, 4) is 0 Å². The van der Waals surface area contributed by atoms with E-state index in [2.05, 4.69) is 102 Å². The number of allylic oxidation sites excluding steroid dienone is 4. The third kappa shape index (κ3) is 4.69. The van der Waals surface area contributed by atoms with Crippen molar-refractivity contribution in [3.05, 3.63) is 23.7 Å². The molecule has 0 bridgehead atoms. The van der Waals surface area contributed by atoms with Crippen LogP contribution in [0, 0.1) is 17.8 Å². The quantitative estimate of drug-likeness (QED) is 0.291. The normalized spacial score (nSPS) is 24.7. The van der Waals surface area contributed by atoms with E-state index in [-0.39, 0.29) is 0 Å². The zero-order valence-electron chi connectivity index (χ0n) is 23.6. The summed E-state index contributed by atoms with van der Waals surface area (Å²) in [5, 5.41) is 0. The highest BCUT2D eigenvalue weighted by atomic mass is 28.4. The molecular formula is C28H54O2Si2. The summed E-state index contributed by atoms with van der Waals surface area (Å²) in [5.41, 5.74) is 3.61. The molecule has 2 aliphatic carbocycles. The molecule has 0 aliphatic heterocycles. The lowest BCUT2D eigenvalue weighted by Gasteiger charge is -2.47. The monoisotopic (exact) mass is 478 g/mol. The summed E-state index contributed by atoms with van der Waals surface area (Å²) in [6.45, 7) is 31.1. The van der Waals surface area contributed by atoms with Crippen molar-refractivity contribution in [2.45, 2.75) is 136 Å². The largest absolute Gasteiger partial charge is 0.545 e. The Labute approximate surface area is 202 Å². The van der Waals surface area contributed by atoms with Gasteiger partial charge in [-0.05, 0) is 64.2 Å². The molecule has 0 heterocycles. The fourth-order valence-electron chi connectivity index (χ4n) is 7.72. The van der Waals surface area contributed by atoms with E-state index in [0.717, 1.165) is 0 Å². The van der Waals surface area contributed by atoms with Crippen LogP contribution in [0.3, 0.4) is 0 Å². The molecule has 2 rings (SSSR count). The average molecular weight is 479 g/mol. The first kappa shape index (κ1) is 27.8. The predicted molar refractivity (Wildman–Crippen MR) is 146 cm³/mol. The molecule has 0 aromatic heterocycles. The van der Waals surface area contributed by atoms with Crippen molar-refractivity contribution in [2.24, 2.45) is 17.8 Å². The number of hydrogen-bond acceptors (Lipinski definition) is 2. The Balaban J connectivity index is 2.51. The van der Waals surface area contributed by atoms with Gasteiger partial charge >= 0.3 is 0 Å². The highest BCUT2D eigenvalue weighted by Gasteiger charge is 2.52. The van der Waals surface area contributed by atoms with Gasteiger partial charge in [-0.3, -0.25) is 0 Å². The molecule has 0 spiro atoms. The topological polar surface area (TPSA) is 18.5 Å². The fourth-order valence-corrected chi connectivity index (χ4v) is 18.4. The van der Waals surface area contributed by atoms with Crippen molar-refractivity contribution in [1.82, 2.24) is 0 Å². The maximum Gasteiger partial charge on any atom is 0.258 e. The van der Waals surface area contributed by atoms with Crippen LogP contribution in [0.25, 0.3) is 0 Å². The number of fused-ring (bicyclic) bond motifs is 1. The standard InChI is InChI=1S/C28H54O2Si2/c1-18(2)31(19(3)4,20(5)6)29-26-16-17-27(28-24(13)14-15-25(26)28)30-32(21(7)8,22(9)10)23(11)12/h16-25,28H,14-15H2,1-13H3. The van der Waals surface area contributed by atoms with Crippen LogP contribution in [0.2, 0.25) is 33.2 Å². The Bertz CT molecular complexity index is 644. The minimum absolute atomic E-state index is 0.483. The van der Waals surface area contributed by atoms with Gasteiger partial charge in [0.25, 0.3) is 16.6 Å². The zero-order valence-corrected chi connectivity index (χ0v) is 25.6. The van der Waals surface area contributed by atoms with Crippen LogP contribution in [-0.4, -0.2) is 16.6 Å². The Morgan fingerprint density at radius 1 is 0.594 bits per heavy atom. The molecule has 4 heteroatoms. The van der Waals surface area contributed by atoms with Gasteiger partial charge in [-0.1, -0.05) is 90.0 Å². The van der Waals surface area contributed by atoms with E-state index in [1.165, 1.54) is 24.4 Å². The second-order valence-corrected chi connectivity index (χ2v) is 23.4. The molecule has 186 valence electrons. The first-order valence-electron chi connectivity index (χ1n) is 13.5. The molecular weight excluding hydrogens is 424 g/mol.